The van der Waals surface area contributed by atoms with Crippen LogP contribution >= 0.6 is 34.9 Å². The van der Waals surface area contributed by atoms with Crippen molar-refractivity contribution in [3.63, 3.8) is 0 Å². The van der Waals surface area contributed by atoms with Gasteiger partial charge >= 0.3 is 0 Å². The van der Waals surface area contributed by atoms with Crippen LogP contribution in [-0.4, -0.2) is 27.2 Å². The Morgan fingerprint density at radius 1 is 1.30 bits per heavy atom. The second kappa shape index (κ2) is 7.68. The summed E-state index contributed by atoms with van der Waals surface area (Å²) >= 11 is 9.20. The number of hydroxylamine groups is 1. The van der Waals surface area contributed by atoms with Crippen LogP contribution in [0, 0.1) is 0 Å². The van der Waals surface area contributed by atoms with E-state index in [4.69, 9.17) is 16.8 Å². The Balaban J connectivity index is 1.70. The van der Waals surface area contributed by atoms with E-state index >= 15 is 0 Å². The summed E-state index contributed by atoms with van der Waals surface area (Å²) in [7, 11) is 0. The van der Waals surface area contributed by atoms with Gasteiger partial charge in [-0.05, 0) is 36.1 Å². The number of hydrogen-bond acceptors (Lipinski definition) is 5. The van der Waals surface area contributed by atoms with Crippen LogP contribution in [0.2, 0.25) is 4.34 Å². The summed E-state index contributed by atoms with van der Waals surface area (Å²) in [6.45, 7) is 0.675. The molecule has 1 aromatic carbocycles. The molecule has 0 unspecified atom stereocenters. The molecule has 7 heteroatoms. The molecule has 1 aliphatic rings. The van der Waals surface area contributed by atoms with Gasteiger partial charge in [0.05, 0.1) is 4.34 Å². The molecule has 2 heterocycles. The summed E-state index contributed by atoms with van der Waals surface area (Å²) in [5.74, 6) is 0.670. The minimum atomic E-state index is -0.331. The smallest absolute Gasteiger partial charge is 0.261 e. The molecule has 1 atom stereocenters. The average Bonchev–Trinajstić information content (AvgIpc) is 3.02. The van der Waals surface area contributed by atoms with E-state index in [0.717, 1.165) is 38.9 Å². The molecule has 4 nitrogen and oxygen atoms in total. The number of amides is 1. The summed E-state index contributed by atoms with van der Waals surface area (Å²) in [5.41, 5.74) is 4.06. The van der Waals surface area contributed by atoms with E-state index in [9.17, 15) is 4.79 Å². The predicted molar refractivity (Wildman–Crippen MR) is 95.7 cm³/mol. The van der Waals surface area contributed by atoms with Gasteiger partial charge in [-0.25, -0.2) is 9.79 Å². The van der Waals surface area contributed by atoms with Gasteiger partial charge in [0, 0.05) is 17.2 Å². The molecule has 3 rings (SSSR count). The highest BCUT2D eigenvalue weighted by molar-refractivity contribution is 7.97. The number of hydrogen-bond donors (Lipinski definition) is 2. The maximum atomic E-state index is 11.8. The zero-order chi connectivity index (χ0) is 16.2. The van der Waals surface area contributed by atoms with E-state index in [2.05, 4.69) is 24.3 Å². The van der Waals surface area contributed by atoms with E-state index in [1.165, 1.54) is 0 Å². The van der Waals surface area contributed by atoms with Gasteiger partial charge in [-0.3, -0.25) is 10.0 Å². The summed E-state index contributed by atoms with van der Waals surface area (Å²) in [5, 5.41) is 8.89. The van der Waals surface area contributed by atoms with Crippen molar-refractivity contribution >= 4 is 40.8 Å². The Bertz CT molecular complexity index is 675. The Morgan fingerprint density at radius 2 is 2.09 bits per heavy atom. The molecule has 2 aromatic rings. The van der Waals surface area contributed by atoms with Crippen LogP contribution in [0.15, 0.2) is 36.4 Å². The highest BCUT2D eigenvalue weighted by atomic mass is 35.5. The van der Waals surface area contributed by atoms with Crippen molar-refractivity contribution in [1.29, 1.82) is 0 Å². The van der Waals surface area contributed by atoms with Crippen LogP contribution in [0.4, 0.5) is 0 Å². The van der Waals surface area contributed by atoms with Crippen LogP contribution in [0.5, 0.6) is 0 Å². The van der Waals surface area contributed by atoms with Crippen molar-refractivity contribution in [2.75, 3.05) is 5.75 Å². The third-order valence-corrected chi connectivity index (χ3v) is 6.26. The lowest BCUT2D eigenvalue weighted by Gasteiger charge is -2.32. The SMILES string of the molecule is O=C(NO)[C@H]1CCCSN1Cc1ccc(-c2ccc(Cl)s2)cc1. The van der Waals surface area contributed by atoms with Crippen molar-refractivity contribution in [3.8, 4) is 10.4 Å². The van der Waals surface area contributed by atoms with Crippen molar-refractivity contribution in [2.45, 2.75) is 25.4 Å². The highest BCUT2D eigenvalue weighted by Gasteiger charge is 2.29. The number of carbonyl (C=O) groups is 1. The number of benzene rings is 1. The maximum absolute atomic E-state index is 11.8. The lowest BCUT2D eigenvalue weighted by Crippen LogP contribution is -2.44. The van der Waals surface area contributed by atoms with Crippen LogP contribution in [-0.2, 0) is 11.3 Å². The molecule has 1 amide bonds. The zero-order valence-electron chi connectivity index (χ0n) is 12.4. The molecule has 23 heavy (non-hydrogen) atoms. The molecular formula is C16H17ClN2O2S2. The minimum absolute atomic E-state index is 0.283. The molecule has 0 saturated carbocycles. The molecule has 1 fully saturated rings. The standard InChI is InChI=1S/C16H17ClN2O2S2/c17-15-8-7-14(23-15)12-5-3-11(4-6-12)10-19-13(16(20)18-21)2-1-9-22-19/h3-8,13,21H,1-2,9-10H2,(H,18,20)/t13-/m1/s1. The van der Waals surface area contributed by atoms with Crippen molar-refractivity contribution < 1.29 is 10.0 Å². The molecule has 2 N–H and O–H groups in total. The lowest BCUT2D eigenvalue weighted by atomic mass is 10.1. The first-order valence-electron chi connectivity index (χ1n) is 7.35. The van der Waals surface area contributed by atoms with Gasteiger partial charge in [0.1, 0.15) is 6.04 Å². The van der Waals surface area contributed by atoms with E-state index in [1.54, 1.807) is 28.8 Å². The third-order valence-electron chi connectivity index (χ3n) is 3.79. The fraction of sp³-hybridized carbons (Fsp3) is 0.312. The summed E-state index contributed by atoms with van der Waals surface area (Å²) in [4.78, 5) is 12.9. The van der Waals surface area contributed by atoms with Gasteiger partial charge < -0.3 is 0 Å². The first kappa shape index (κ1) is 16.8. The second-order valence-electron chi connectivity index (χ2n) is 5.34. The largest absolute Gasteiger partial charge is 0.289 e. The summed E-state index contributed by atoms with van der Waals surface area (Å²) in [6.07, 6.45) is 1.75. The van der Waals surface area contributed by atoms with Gasteiger partial charge in [-0.1, -0.05) is 47.8 Å². The third kappa shape index (κ3) is 4.08. The molecule has 0 bridgehead atoms. The summed E-state index contributed by atoms with van der Waals surface area (Å²) < 4.78 is 2.83. The van der Waals surface area contributed by atoms with E-state index < -0.39 is 0 Å². The first-order chi connectivity index (χ1) is 11.2. The molecule has 122 valence electrons. The average molecular weight is 369 g/mol. The van der Waals surface area contributed by atoms with Crippen LogP contribution in [0.3, 0.4) is 0 Å². The Hall–Kier alpha value is -1.05. The summed E-state index contributed by atoms with van der Waals surface area (Å²) in [6, 6.07) is 11.9. The van der Waals surface area contributed by atoms with E-state index in [1.807, 2.05) is 16.4 Å². The zero-order valence-corrected chi connectivity index (χ0v) is 14.8. The van der Waals surface area contributed by atoms with Gasteiger partial charge in [0.2, 0.25) is 0 Å². The number of nitrogens with one attached hydrogen (secondary N) is 1. The molecule has 0 aliphatic carbocycles. The van der Waals surface area contributed by atoms with Crippen molar-refractivity contribution in [2.24, 2.45) is 0 Å². The van der Waals surface area contributed by atoms with Gasteiger partial charge in [-0.2, -0.15) is 0 Å². The highest BCUT2D eigenvalue weighted by Crippen LogP contribution is 2.32. The van der Waals surface area contributed by atoms with E-state index in [-0.39, 0.29) is 11.9 Å². The molecule has 0 radical (unpaired) electrons. The quantitative estimate of drug-likeness (QED) is 0.482. The van der Waals surface area contributed by atoms with Crippen LogP contribution in [0.1, 0.15) is 18.4 Å². The Morgan fingerprint density at radius 3 is 2.74 bits per heavy atom. The number of thiophene rings is 1. The molecular weight excluding hydrogens is 352 g/mol. The number of nitrogens with zero attached hydrogens (tertiary/aromatic N) is 1. The van der Waals surface area contributed by atoms with Crippen molar-refractivity contribution in [3.05, 3.63) is 46.3 Å². The van der Waals surface area contributed by atoms with Crippen molar-refractivity contribution in [1.82, 2.24) is 9.79 Å². The molecule has 0 spiro atoms. The van der Waals surface area contributed by atoms with Crippen LogP contribution in [0.25, 0.3) is 10.4 Å². The molecule has 1 aromatic heterocycles. The predicted octanol–water partition coefficient (Wildman–Crippen LogP) is 4.19. The van der Waals surface area contributed by atoms with Gasteiger partial charge in [-0.15, -0.1) is 11.3 Å². The van der Waals surface area contributed by atoms with Gasteiger partial charge in [0.25, 0.3) is 5.91 Å². The molecule has 1 saturated heterocycles. The fourth-order valence-electron chi connectivity index (χ4n) is 2.61. The minimum Gasteiger partial charge on any atom is -0.289 e. The number of halogens is 1. The monoisotopic (exact) mass is 368 g/mol. The normalized spacial score (nSPS) is 18.8. The van der Waals surface area contributed by atoms with Crippen LogP contribution < -0.4 is 5.48 Å². The Kier molecular flexibility index (Phi) is 5.61. The number of rotatable bonds is 4. The number of carbonyl (C=O) groups excluding carboxylic acids is 1. The lowest BCUT2D eigenvalue weighted by molar-refractivity contribution is -0.133. The van der Waals surface area contributed by atoms with E-state index in [0.29, 0.717) is 6.54 Å². The fourth-order valence-corrected chi connectivity index (χ4v) is 4.81. The van der Waals surface area contributed by atoms with Gasteiger partial charge in [0.15, 0.2) is 0 Å². The Labute approximate surface area is 148 Å². The molecule has 1 aliphatic heterocycles. The first-order valence-corrected chi connectivity index (χ1v) is 9.49. The topological polar surface area (TPSA) is 52.6 Å². The second-order valence-corrected chi connectivity index (χ2v) is 8.19. The maximum Gasteiger partial charge on any atom is 0.261 e.